The average Bonchev–Trinajstić information content (AvgIpc) is 2.90. The van der Waals surface area contributed by atoms with Gasteiger partial charge in [-0.2, -0.15) is 5.26 Å². The molecule has 0 saturated carbocycles. The van der Waals surface area contributed by atoms with Crippen LogP contribution in [0.15, 0.2) is 36.7 Å². The lowest BCUT2D eigenvalue weighted by atomic mass is 10.2. The number of thiophene rings is 1. The van der Waals surface area contributed by atoms with Crippen molar-refractivity contribution in [2.24, 2.45) is 0 Å². The number of nitrogens with zero attached hydrogens (tertiary/aromatic N) is 4. The van der Waals surface area contributed by atoms with Crippen LogP contribution in [0.4, 0.5) is 0 Å². The molecule has 0 unspecified atom stereocenters. The van der Waals surface area contributed by atoms with Crippen molar-refractivity contribution < 1.29 is 0 Å². The molecule has 0 aromatic carbocycles. The molecule has 0 fully saturated rings. The molecular formula is C16H14N4S. The molecule has 0 saturated heterocycles. The number of hydrogen-bond acceptors (Lipinski definition) is 5. The second-order valence-corrected chi connectivity index (χ2v) is 6.20. The minimum absolute atomic E-state index is 0.588. The highest BCUT2D eigenvalue weighted by Crippen LogP contribution is 2.31. The Morgan fingerprint density at radius 2 is 2.05 bits per heavy atom. The molecule has 0 amide bonds. The molecule has 104 valence electrons. The summed E-state index contributed by atoms with van der Waals surface area (Å²) in [5.41, 5.74) is 3.63. The Kier molecular flexibility index (Phi) is 3.65. The van der Waals surface area contributed by atoms with Gasteiger partial charge in [0.1, 0.15) is 6.07 Å². The molecule has 0 bridgehead atoms. The maximum absolute atomic E-state index is 8.92. The van der Waals surface area contributed by atoms with E-state index in [2.05, 4.69) is 27.0 Å². The zero-order valence-corrected chi connectivity index (χ0v) is 12.7. The lowest BCUT2D eigenvalue weighted by Crippen LogP contribution is -2.10. The first-order valence-electron chi connectivity index (χ1n) is 6.55. The summed E-state index contributed by atoms with van der Waals surface area (Å²) in [6, 6.07) is 10.1. The van der Waals surface area contributed by atoms with Crippen LogP contribution in [0.2, 0.25) is 0 Å². The summed E-state index contributed by atoms with van der Waals surface area (Å²) in [6.07, 6.45) is 3.51. The number of nitriles is 1. The molecule has 0 aliphatic heterocycles. The largest absolute Gasteiger partial charge is 0.305 e. The molecule has 0 atom stereocenters. The molecule has 0 radical (unpaired) electrons. The third-order valence-electron chi connectivity index (χ3n) is 3.07. The van der Waals surface area contributed by atoms with E-state index < -0.39 is 0 Å². The number of fused-ring (bicyclic) bond motifs is 1. The molecule has 0 aliphatic carbocycles. The summed E-state index contributed by atoms with van der Waals surface area (Å²) in [5, 5.41) is 8.92. The average molecular weight is 294 g/mol. The maximum atomic E-state index is 8.92. The van der Waals surface area contributed by atoms with Crippen molar-refractivity contribution in [2.75, 3.05) is 14.1 Å². The van der Waals surface area contributed by atoms with Gasteiger partial charge in [-0.3, -0.25) is 9.97 Å². The van der Waals surface area contributed by atoms with E-state index in [1.807, 2.05) is 38.5 Å². The normalized spacial score (nSPS) is 11.0. The second kappa shape index (κ2) is 5.60. The summed E-state index contributed by atoms with van der Waals surface area (Å²) in [7, 11) is 4.08. The minimum Gasteiger partial charge on any atom is -0.305 e. The van der Waals surface area contributed by atoms with Crippen LogP contribution in [0.3, 0.4) is 0 Å². The SMILES string of the molecule is CN(C)Cc1ccc(-c2cc3ncc(C#N)cc3s2)nc1. The van der Waals surface area contributed by atoms with Crippen LogP contribution < -0.4 is 0 Å². The highest BCUT2D eigenvalue weighted by Gasteiger charge is 2.07. The Labute approximate surface area is 127 Å². The van der Waals surface area contributed by atoms with Gasteiger partial charge in [0.05, 0.1) is 26.4 Å². The maximum Gasteiger partial charge on any atom is 0.101 e. The molecule has 3 aromatic heterocycles. The van der Waals surface area contributed by atoms with Crippen molar-refractivity contribution in [3.8, 4) is 16.6 Å². The Balaban J connectivity index is 1.94. The van der Waals surface area contributed by atoms with Gasteiger partial charge in [-0.05, 0) is 37.9 Å². The van der Waals surface area contributed by atoms with Crippen molar-refractivity contribution in [1.29, 1.82) is 5.26 Å². The van der Waals surface area contributed by atoms with E-state index in [4.69, 9.17) is 5.26 Å². The van der Waals surface area contributed by atoms with E-state index >= 15 is 0 Å². The smallest absolute Gasteiger partial charge is 0.101 e. The second-order valence-electron chi connectivity index (χ2n) is 5.12. The van der Waals surface area contributed by atoms with Gasteiger partial charge in [0.15, 0.2) is 0 Å². The zero-order valence-electron chi connectivity index (χ0n) is 11.9. The van der Waals surface area contributed by atoms with Gasteiger partial charge in [0.25, 0.3) is 0 Å². The van der Waals surface area contributed by atoms with Gasteiger partial charge in [-0.1, -0.05) is 6.07 Å². The zero-order chi connectivity index (χ0) is 14.8. The Morgan fingerprint density at radius 3 is 2.71 bits per heavy atom. The van der Waals surface area contributed by atoms with Gasteiger partial charge in [0.2, 0.25) is 0 Å². The fourth-order valence-corrected chi connectivity index (χ4v) is 3.17. The van der Waals surface area contributed by atoms with Crippen molar-refractivity contribution in [3.63, 3.8) is 0 Å². The van der Waals surface area contributed by atoms with Gasteiger partial charge in [-0.25, -0.2) is 0 Å². The summed E-state index contributed by atoms with van der Waals surface area (Å²) in [6.45, 7) is 0.882. The van der Waals surface area contributed by atoms with Crippen LogP contribution in [0, 0.1) is 11.3 Å². The minimum atomic E-state index is 0.588. The standard InChI is InChI=1S/C16H14N4S/c1-20(2)10-11-3-4-13(18-8-11)16-6-14-15(21-16)5-12(7-17)9-19-14/h3-6,8-9H,10H2,1-2H3. The monoisotopic (exact) mass is 294 g/mol. The molecule has 0 aliphatic rings. The van der Waals surface area contributed by atoms with Crippen LogP contribution >= 0.6 is 11.3 Å². The molecule has 3 rings (SSSR count). The predicted octanol–water partition coefficient (Wildman–Crippen LogP) is 3.29. The summed E-state index contributed by atoms with van der Waals surface area (Å²) in [4.78, 5) is 12.0. The third kappa shape index (κ3) is 2.92. The van der Waals surface area contributed by atoms with Crippen LogP contribution in [-0.2, 0) is 6.54 Å². The quantitative estimate of drug-likeness (QED) is 0.744. The Hall–Kier alpha value is -2.29. The Bertz CT molecular complexity index is 812. The van der Waals surface area contributed by atoms with E-state index in [9.17, 15) is 0 Å². The molecule has 3 heterocycles. The number of rotatable bonds is 3. The van der Waals surface area contributed by atoms with Crippen molar-refractivity contribution in [3.05, 3.63) is 47.8 Å². The molecule has 3 aromatic rings. The molecular weight excluding hydrogens is 280 g/mol. The Morgan fingerprint density at radius 1 is 1.19 bits per heavy atom. The van der Waals surface area contributed by atoms with Crippen LogP contribution in [0.25, 0.3) is 20.8 Å². The van der Waals surface area contributed by atoms with E-state index in [0.29, 0.717) is 5.56 Å². The van der Waals surface area contributed by atoms with E-state index in [1.54, 1.807) is 17.5 Å². The highest BCUT2D eigenvalue weighted by molar-refractivity contribution is 7.22. The molecule has 5 heteroatoms. The van der Waals surface area contributed by atoms with Crippen molar-refractivity contribution in [2.45, 2.75) is 6.54 Å². The van der Waals surface area contributed by atoms with E-state index in [1.165, 1.54) is 5.56 Å². The first-order chi connectivity index (χ1) is 10.2. The van der Waals surface area contributed by atoms with Gasteiger partial charge in [-0.15, -0.1) is 11.3 Å². The fraction of sp³-hybridized carbons (Fsp3) is 0.188. The van der Waals surface area contributed by atoms with Crippen LogP contribution in [0.5, 0.6) is 0 Å². The van der Waals surface area contributed by atoms with Crippen molar-refractivity contribution in [1.82, 2.24) is 14.9 Å². The topological polar surface area (TPSA) is 52.8 Å². The highest BCUT2D eigenvalue weighted by atomic mass is 32.1. The number of hydrogen-bond donors (Lipinski definition) is 0. The summed E-state index contributed by atoms with van der Waals surface area (Å²) >= 11 is 1.61. The number of aromatic nitrogens is 2. The fourth-order valence-electron chi connectivity index (χ4n) is 2.13. The molecule has 4 nitrogen and oxygen atoms in total. The number of pyridine rings is 2. The van der Waals surface area contributed by atoms with E-state index in [0.717, 1.165) is 27.3 Å². The van der Waals surface area contributed by atoms with Gasteiger partial charge in [0, 0.05) is 18.9 Å². The first kappa shape index (κ1) is 13.7. The van der Waals surface area contributed by atoms with Crippen LogP contribution in [-0.4, -0.2) is 29.0 Å². The molecule has 0 N–H and O–H groups in total. The van der Waals surface area contributed by atoms with E-state index in [-0.39, 0.29) is 0 Å². The van der Waals surface area contributed by atoms with Gasteiger partial charge >= 0.3 is 0 Å². The molecule has 0 spiro atoms. The molecule has 21 heavy (non-hydrogen) atoms. The third-order valence-corrected chi connectivity index (χ3v) is 4.17. The first-order valence-corrected chi connectivity index (χ1v) is 7.37. The lowest BCUT2D eigenvalue weighted by molar-refractivity contribution is 0.402. The lowest BCUT2D eigenvalue weighted by Gasteiger charge is -2.09. The van der Waals surface area contributed by atoms with Crippen molar-refractivity contribution >= 4 is 21.6 Å². The summed E-state index contributed by atoms with van der Waals surface area (Å²) < 4.78 is 1.02. The predicted molar refractivity (Wildman–Crippen MR) is 85.0 cm³/mol. The summed E-state index contributed by atoms with van der Waals surface area (Å²) in [5.74, 6) is 0. The van der Waals surface area contributed by atoms with Crippen LogP contribution in [0.1, 0.15) is 11.1 Å². The van der Waals surface area contributed by atoms with Gasteiger partial charge < -0.3 is 4.90 Å².